The molecule has 0 amide bonds. The van der Waals surface area contributed by atoms with E-state index in [0.29, 0.717) is 5.95 Å². The van der Waals surface area contributed by atoms with Crippen molar-refractivity contribution in [2.45, 2.75) is 13.8 Å². The van der Waals surface area contributed by atoms with Crippen LogP contribution < -0.4 is 5.73 Å². The van der Waals surface area contributed by atoms with Crippen molar-refractivity contribution in [1.82, 2.24) is 9.55 Å². The molecule has 1 heterocycles. The van der Waals surface area contributed by atoms with Gasteiger partial charge < -0.3 is 10.3 Å². The molecule has 1 aromatic carbocycles. The van der Waals surface area contributed by atoms with Gasteiger partial charge in [0.15, 0.2) is 5.95 Å². The molecule has 2 N–H and O–H groups in total. The molecule has 15 heavy (non-hydrogen) atoms. The Morgan fingerprint density at radius 1 is 1.20 bits per heavy atom. The van der Waals surface area contributed by atoms with Crippen molar-refractivity contribution in [2.75, 3.05) is 5.73 Å². The molecule has 0 aliphatic heterocycles. The number of nitrogens with zero attached hydrogens (tertiary/aromatic N) is 2. The van der Waals surface area contributed by atoms with E-state index in [4.69, 9.17) is 5.73 Å². The SMILES string of the molecule is Cc1ccc(-c2cn(C)c(N)n2)cc1C. The van der Waals surface area contributed by atoms with E-state index in [2.05, 4.69) is 37.0 Å². The quantitative estimate of drug-likeness (QED) is 0.769. The molecule has 0 fully saturated rings. The molecule has 0 saturated heterocycles. The number of aromatic nitrogens is 2. The topological polar surface area (TPSA) is 43.8 Å². The molecule has 3 heteroatoms. The lowest BCUT2D eigenvalue weighted by Gasteiger charge is -2.01. The third-order valence-corrected chi connectivity index (χ3v) is 2.71. The van der Waals surface area contributed by atoms with Crippen LogP contribution in [-0.2, 0) is 7.05 Å². The molecular formula is C12H15N3. The van der Waals surface area contributed by atoms with E-state index in [-0.39, 0.29) is 0 Å². The average molecular weight is 201 g/mol. The summed E-state index contributed by atoms with van der Waals surface area (Å²) in [5.74, 6) is 0.545. The van der Waals surface area contributed by atoms with Crippen LogP contribution in [0.4, 0.5) is 5.95 Å². The molecule has 0 spiro atoms. The third kappa shape index (κ3) is 1.73. The first kappa shape index (κ1) is 9.77. The number of anilines is 1. The lowest BCUT2D eigenvalue weighted by Crippen LogP contribution is -1.94. The van der Waals surface area contributed by atoms with Gasteiger partial charge in [0.05, 0.1) is 5.69 Å². The first-order valence-electron chi connectivity index (χ1n) is 4.94. The van der Waals surface area contributed by atoms with Gasteiger partial charge in [-0.3, -0.25) is 0 Å². The first-order chi connectivity index (χ1) is 7.08. The van der Waals surface area contributed by atoms with E-state index in [1.165, 1.54) is 11.1 Å². The molecule has 0 radical (unpaired) electrons. The fourth-order valence-electron chi connectivity index (χ4n) is 1.52. The zero-order chi connectivity index (χ0) is 11.0. The molecule has 78 valence electrons. The molecule has 0 saturated carbocycles. The Morgan fingerprint density at radius 3 is 2.47 bits per heavy atom. The number of nitrogens with two attached hydrogens (primary N) is 1. The number of benzene rings is 1. The normalized spacial score (nSPS) is 10.6. The first-order valence-corrected chi connectivity index (χ1v) is 4.94. The molecule has 2 rings (SSSR count). The van der Waals surface area contributed by atoms with Crippen molar-refractivity contribution >= 4 is 5.95 Å². The van der Waals surface area contributed by atoms with Gasteiger partial charge in [-0.05, 0) is 31.0 Å². The molecule has 0 aliphatic carbocycles. The minimum absolute atomic E-state index is 0.545. The minimum atomic E-state index is 0.545. The summed E-state index contributed by atoms with van der Waals surface area (Å²) < 4.78 is 1.82. The molecule has 1 aromatic heterocycles. The van der Waals surface area contributed by atoms with Crippen molar-refractivity contribution in [3.63, 3.8) is 0 Å². The fourth-order valence-corrected chi connectivity index (χ4v) is 1.52. The summed E-state index contributed by atoms with van der Waals surface area (Å²) in [6, 6.07) is 6.32. The maximum Gasteiger partial charge on any atom is 0.200 e. The van der Waals surface area contributed by atoms with Gasteiger partial charge in [-0.2, -0.15) is 0 Å². The smallest absolute Gasteiger partial charge is 0.200 e. The number of nitrogen functional groups attached to an aromatic ring is 1. The van der Waals surface area contributed by atoms with Crippen LogP contribution >= 0.6 is 0 Å². The van der Waals surface area contributed by atoms with Crippen molar-refractivity contribution in [2.24, 2.45) is 7.05 Å². The van der Waals surface area contributed by atoms with E-state index in [1.807, 2.05) is 17.8 Å². The second-order valence-electron chi connectivity index (χ2n) is 3.89. The van der Waals surface area contributed by atoms with E-state index in [9.17, 15) is 0 Å². The van der Waals surface area contributed by atoms with Gasteiger partial charge >= 0.3 is 0 Å². The van der Waals surface area contributed by atoms with Crippen molar-refractivity contribution in [1.29, 1.82) is 0 Å². The Morgan fingerprint density at radius 2 is 1.93 bits per heavy atom. The zero-order valence-electron chi connectivity index (χ0n) is 9.28. The minimum Gasteiger partial charge on any atom is -0.369 e. The Bertz CT molecular complexity index is 478. The van der Waals surface area contributed by atoms with Crippen LogP contribution in [0.3, 0.4) is 0 Å². The molecule has 0 bridgehead atoms. The van der Waals surface area contributed by atoms with Gasteiger partial charge in [0, 0.05) is 18.8 Å². The van der Waals surface area contributed by atoms with Crippen molar-refractivity contribution in [3.8, 4) is 11.3 Å². The zero-order valence-corrected chi connectivity index (χ0v) is 9.28. The molecular weight excluding hydrogens is 186 g/mol. The van der Waals surface area contributed by atoms with Crippen LogP contribution in [0.2, 0.25) is 0 Å². The number of rotatable bonds is 1. The Kier molecular flexibility index (Phi) is 2.23. The summed E-state index contributed by atoms with van der Waals surface area (Å²) in [5, 5.41) is 0. The van der Waals surface area contributed by atoms with E-state index in [1.54, 1.807) is 0 Å². The van der Waals surface area contributed by atoms with Crippen LogP contribution in [0, 0.1) is 13.8 Å². The number of hydrogen-bond donors (Lipinski definition) is 1. The van der Waals surface area contributed by atoms with E-state index < -0.39 is 0 Å². The molecule has 3 nitrogen and oxygen atoms in total. The summed E-state index contributed by atoms with van der Waals surface area (Å²) in [6.45, 7) is 4.21. The Balaban J connectivity index is 2.49. The lowest BCUT2D eigenvalue weighted by atomic mass is 10.1. The summed E-state index contributed by atoms with van der Waals surface area (Å²) in [7, 11) is 1.90. The summed E-state index contributed by atoms with van der Waals surface area (Å²) in [4.78, 5) is 4.29. The van der Waals surface area contributed by atoms with E-state index in [0.717, 1.165) is 11.3 Å². The van der Waals surface area contributed by atoms with Crippen LogP contribution in [0.15, 0.2) is 24.4 Å². The summed E-state index contributed by atoms with van der Waals surface area (Å²) in [5.41, 5.74) is 10.3. The van der Waals surface area contributed by atoms with Gasteiger partial charge in [-0.25, -0.2) is 4.98 Å². The van der Waals surface area contributed by atoms with Gasteiger partial charge in [-0.15, -0.1) is 0 Å². The monoisotopic (exact) mass is 201 g/mol. The van der Waals surface area contributed by atoms with Gasteiger partial charge in [-0.1, -0.05) is 12.1 Å². The molecule has 0 unspecified atom stereocenters. The number of hydrogen-bond acceptors (Lipinski definition) is 2. The highest BCUT2D eigenvalue weighted by Gasteiger charge is 2.05. The van der Waals surface area contributed by atoms with Gasteiger partial charge in [0.25, 0.3) is 0 Å². The summed E-state index contributed by atoms with van der Waals surface area (Å²) >= 11 is 0. The Labute approximate surface area is 89.6 Å². The van der Waals surface area contributed by atoms with Crippen LogP contribution in [0.25, 0.3) is 11.3 Å². The lowest BCUT2D eigenvalue weighted by molar-refractivity contribution is 0.930. The van der Waals surface area contributed by atoms with Crippen molar-refractivity contribution < 1.29 is 0 Å². The van der Waals surface area contributed by atoms with Crippen LogP contribution in [0.5, 0.6) is 0 Å². The second-order valence-corrected chi connectivity index (χ2v) is 3.89. The van der Waals surface area contributed by atoms with Gasteiger partial charge in [0.1, 0.15) is 0 Å². The van der Waals surface area contributed by atoms with Crippen LogP contribution in [-0.4, -0.2) is 9.55 Å². The molecule has 0 atom stereocenters. The van der Waals surface area contributed by atoms with Gasteiger partial charge in [0.2, 0.25) is 0 Å². The van der Waals surface area contributed by atoms with Crippen LogP contribution in [0.1, 0.15) is 11.1 Å². The average Bonchev–Trinajstić information content (AvgIpc) is 2.52. The number of imidazole rings is 1. The molecule has 0 aliphatic rings. The predicted molar refractivity (Wildman–Crippen MR) is 62.5 cm³/mol. The molecule has 2 aromatic rings. The van der Waals surface area contributed by atoms with Crippen molar-refractivity contribution in [3.05, 3.63) is 35.5 Å². The third-order valence-electron chi connectivity index (χ3n) is 2.71. The number of aryl methyl sites for hydroxylation is 3. The highest BCUT2D eigenvalue weighted by atomic mass is 15.1. The predicted octanol–water partition coefficient (Wildman–Crippen LogP) is 2.29. The highest BCUT2D eigenvalue weighted by Crippen LogP contribution is 2.21. The largest absolute Gasteiger partial charge is 0.369 e. The maximum atomic E-state index is 5.70. The van der Waals surface area contributed by atoms with E-state index >= 15 is 0 Å². The maximum absolute atomic E-state index is 5.70. The standard InChI is InChI=1S/C12H15N3/c1-8-4-5-10(6-9(8)2)11-7-15(3)12(13)14-11/h4-7H,1-3H3,(H2,13,14). The fraction of sp³-hybridized carbons (Fsp3) is 0.250. The second kappa shape index (κ2) is 3.42. The highest BCUT2D eigenvalue weighted by molar-refractivity contribution is 5.61. The Hall–Kier alpha value is -1.77. The summed E-state index contributed by atoms with van der Waals surface area (Å²) in [6.07, 6.45) is 1.94.